The van der Waals surface area contributed by atoms with E-state index in [0.29, 0.717) is 34.6 Å². The second-order valence-corrected chi connectivity index (χ2v) is 9.59. The third-order valence-corrected chi connectivity index (χ3v) is 6.65. The number of methoxy groups -OCH3 is 1. The fourth-order valence-corrected chi connectivity index (χ4v) is 4.71. The van der Waals surface area contributed by atoms with Crippen molar-refractivity contribution >= 4 is 40.6 Å². The highest BCUT2D eigenvalue weighted by Crippen LogP contribution is 2.23. The largest absolute Gasteiger partial charge is 0.383 e. The van der Waals surface area contributed by atoms with Gasteiger partial charge in [0.2, 0.25) is 0 Å². The number of amides is 3. The standard InChI is InChI=1S/C28H27ClN4O3S/c1-36-16-15-33(28(35)30-23-14-8-13-22(29)17-23)18-25-31-24(19-37-25)27(34)32-26(20-9-4-2-5-10-20)21-11-6-3-7-12-21/h2-14,17,19,26H,15-16,18H2,1H3,(H,30,35)(H,32,34). The van der Waals surface area contributed by atoms with Crippen molar-refractivity contribution < 1.29 is 14.3 Å². The van der Waals surface area contributed by atoms with Gasteiger partial charge in [-0.25, -0.2) is 9.78 Å². The molecule has 0 radical (unpaired) electrons. The highest BCUT2D eigenvalue weighted by Gasteiger charge is 2.21. The van der Waals surface area contributed by atoms with Crippen LogP contribution in [0.2, 0.25) is 5.02 Å². The smallest absolute Gasteiger partial charge is 0.322 e. The van der Waals surface area contributed by atoms with E-state index >= 15 is 0 Å². The van der Waals surface area contributed by atoms with Gasteiger partial charge in [-0.05, 0) is 29.3 Å². The summed E-state index contributed by atoms with van der Waals surface area (Å²) in [6.45, 7) is 0.945. The van der Waals surface area contributed by atoms with Crippen molar-refractivity contribution in [3.05, 3.63) is 117 Å². The number of nitrogens with one attached hydrogen (secondary N) is 2. The van der Waals surface area contributed by atoms with E-state index in [1.54, 1.807) is 41.7 Å². The van der Waals surface area contributed by atoms with E-state index in [1.165, 1.54) is 11.3 Å². The number of halogens is 1. The lowest BCUT2D eigenvalue weighted by Gasteiger charge is -2.22. The van der Waals surface area contributed by atoms with Gasteiger partial charge in [-0.2, -0.15) is 0 Å². The van der Waals surface area contributed by atoms with Gasteiger partial charge in [0.15, 0.2) is 0 Å². The van der Waals surface area contributed by atoms with Crippen LogP contribution in [0.1, 0.15) is 32.7 Å². The van der Waals surface area contributed by atoms with E-state index < -0.39 is 0 Å². The number of carbonyl (C=O) groups is 2. The van der Waals surface area contributed by atoms with Crippen molar-refractivity contribution in [3.8, 4) is 0 Å². The Labute approximate surface area is 225 Å². The molecule has 0 unspecified atom stereocenters. The third kappa shape index (κ3) is 7.39. The molecule has 2 N–H and O–H groups in total. The SMILES string of the molecule is COCCN(Cc1nc(C(=O)NC(c2ccccc2)c2ccccc2)cs1)C(=O)Nc1cccc(Cl)c1. The van der Waals surface area contributed by atoms with Gasteiger partial charge >= 0.3 is 6.03 Å². The van der Waals surface area contributed by atoms with Crippen LogP contribution in [0.25, 0.3) is 0 Å². The number of urea groups is 1. The Balaban J connectivity index is 1.47. The highest BCUT2D eigenvalue weighted by atomic mass is 35.5. The molecule has 0 aliphatic heterocycles. The van der Waals surface area contributed by atoms with Gasteiger partial charge in [-0.3, -0.25) is 4.79 Å². The lowest BCUT2D eigenvalue weighted by Crippen LogP contribution is -2.37. The number of benzene rings is 3. The Kier molecular flexibility index (Phi) is 9.26. The Morgan fingerprint density at radius 2 is 1.68 bits per heavy atom. The molecule has 0 saturated heterocycles. The second kappa shape index (κ2) is 13.0. The van der Waals surface area contributed by atoms with Crippen LogP contribution in [0.15, 0.2) is 90.3 Å². The molecule has 0 fully saturated rings. The lowest BCUT2D eigenvalue weighted by atomic mass is 9.98. The zero-order chi connectivity index (χ0) is 26.0. The van der Waals surface area contributed by atoms with Crippen LogP contribution in [0.4, 0.5) is 10.5 Å². The highest BCUT2D eigenvalue weighted by molar-refractivity contribution is 7.09. The zero-order valence-corrected chi connectivity index (χ0v) is 21.8. The summed E-state index contributed by atoms with van der Waals surface area (Å²) in [4.78, 5) is 32.2. The molecular formula is C28H27ClN4O3S. The molecule has 0 atom stereocenters. The molecule has 3 aromatic carbocycles. The van der Waals surface area contributed by atoms with Crippen molar-refractivity contribution in [2.45, 2.75) is 12.6 Å². The molecule has 1 heterocycles. The summed E-state index contributed by atoms with van der Waals surface area (Å²) in [7, 11) is 1.58. The first-order valence-electron chi connectivity index (χ1n) is 11.7. The molecule has 3 amide bonds. The summed E-state index contributed by atoms with van der Waals surface area (Å²) >= 11 is 7.37. The molecular weight excluding hydrogens is 508 g/mol. The first kappa shape index (κ1) is 26.3. The van der Waals surface area contributed by atoms with Gasteiger partial charge in [0, 0.05) is 29.7 Å². The summed E-state index contributed by atoms with van der Waals surface area (Å²) in [6.07, 6.45) is 0. The van der Waals surface area contributed by atoms with Crippen LogP contribution in [0.3, 0.4) is 0 Å². The van der Waals surface area contributed by atoms with E-state index in [-0.39, 0.29) is 24.5 Å². The number of carbonyl (C=O) groups excluding carboxylic acids is 2. The molecule has 0 aliphatic carbocycles. The summed E-state index contributed by atoms with van der Waals surface area (Å²) in [6, 6.07) is 25.9. The fourth-order valence-electron chi connectivity index (χ4n) is 3.73. The van der Waals surface area contributed by atoms with Crippen LogP contribution in [-0.4, -0.2) is 42.1 Å². The molecule has 190 valence electrons. The van der Waals surface area contributed by atoms with Gasteiger partial charge in [-0.1, -0.05) is 78.3 Å². The van der Waals surface area contributed by atoms with Crippen LogP contribution < -0.4 is 10.6 Å². The minimum atomic E-state index is -0.318. The molecule has 1 aromatic heterocycles. The average molecular weight is 535 g/mol. The molecule has 37 heavy (non-hydrogen) atoms. The van der Waals surface area contributed by atoms with E-state index in [2.05, 4.69) is 15.6 Å². The summed E-state index contributed by atoms with van der Waals surface area (Å²) in [5, 5.41) is 8.83. The van der Waals surface area contributed by atoms with Crippen molar-refractivity contribution in [1.82, 2.24) is 15.2 Å². The van der Waals surface area contributed by atoms with Crippen molar-refractivity contribution in [2.24, 2.45) is 0 Å². The van der Waals surface area contributed by atoms with Crippen LogP contribution in [0.5, 0.6) is 0 Å². The maximum atomic E-state index is 13.2. The van der Waals surface area contributed by atoms with E-state index in [0.717, 1.165) is 11.1 Å². The first-order chi connectivity index (χ1) is 18.0. The number of ether oxygens (including phenoxy) is 1. The first-order valence-corrected chi connectivity index (χ1v) is 12.9. The quantitative estimate of drug-likeness (QED) is 0.261. The number of rotatable bonds is 10. The molecule has 9 heteroatoms. The number of hydrogen-bond acceptors (Lipinski definition) is 5. The van der Waals surface area contributed by atoms with Gasteiger partial charge in [-0.15, -0.1) is 11.3 Å². The van der Waals surface area contributed by atoms with Crippen molar-refractivity contribution in [2.75, 3.05) is 25.6 Å². The maximum absolute atomic E-state index is 13.2. The maximum Gasteiger partial charge on any atom is 0.322 e. The minimum absolute atomic E-state index is 0.231. The van der Waals surface area contributed by atoms with E-state index in [1.807, 2.05) is 60.7 Å². The van der Waals surface area contributed by atoms with Crippen LogP contribution >= 0.6 is 22.9 Å². The number of thiazole rings is 1. The average Bonchev–Trinajstić information content (AvgIpc) is 3.39. The second-order valence-electron chi connectivity index (χ2n) is 8.21. The van der Waals surface area contributed by atoms with E-state index in [4.69, 9.17) is 16.3 Å². The molecule has 7 nitrogen and oxygen atoms in total. The van der Waals surface area contributed by atoms with Gasteiger partial charge in [0.1, 0.15) is 10.7 Å². The Morgan fingerprint density at radius 1 is 1.00 bits per heavy atom. The molecule has 0 aliphatic rings. The van der Waals surface area contributed by atoms with Crippen LogP contribution in [0, 0.1) is 0 Å². The van der Waals surface area contributed by atoms with Gasteiger partial charge < -0.3 is 20.3 Å². The molecule has 4 aromatic rings. The summed E-state index contributed by atoms with van der Waals surface area (Å²) < 4.78 is 5.18. The molecule has 0 spiro atoms. The molecule has 0 saturated carbocycles. The number of anilines is 1. The van der Waals surface area contributed by atoms with Crippen molar-refractivity contribution in [1.29, 1.82) is 0 Å². The van der Waals surface area contributed by atoms with Crippen molar-refractivity contribution in [3.63, 3.8) is 0 Å². The number of nitrogens with zero attached hydrogens (tertiary/aromatic N) is 2. The van der Waals surface area contributed by atoms with E-state index in [9.17, 15) is 9.59 Å². The zero-order valence-electron chi connectivity index (χ0n) is 20.3. The summed E-state index contributed by atoms with van der Waals surface area (Å²) in [5.74, 6) is -0.285. The fraction of sp³-hybridized carbons (Fsp3) is 0.179. The third-order valence-electron chi connectivity index (χ3n) is 5.58. The van der Waals surface area contributed by atoms with Crippen LogP contribution in [-0.2, 0) is 11.3 Å². The Morgan fingerprint density at radius 3 is 2.30 bits per heavy atom. The lowest BCUT2D eigenvalue weighted by molar-refractivity contribution is 0.0938. The molecule has 0 bridgehead atoms. The number of aromatic nitrogens is 1. The topological polar surface area (TPSA) is 83.6 Å². The van der Waals surface area contributed by atoms with Gasteiger partial charge in [0.25, 0.3) is 5.91 Å². The normalized spacial score (nSPS) is 10.8. The monoisotopic (exact) mass is 534 g/mol. The van der Waals surface area contributed by atoms with Gasteiger partial charge in [0.05, 0.1) is 19.2 Å². The minimum Gasteiger partial charge on any atom is -0.383 e. The predicted molar refractivity (Wildman–Crippen MR) is 147 cm³/mol. The Bertz CT molecular complexity index is 1280. The molecule has 4 rings (SSSR count). The number of hydrogen-bond donors (Lipinski definition) is 2. The Hall–Kier alpha value is -3.72. The summed E-state index contributed by atoms with van der Waals surface area (Å²) in [5.41, 5.74) is 2.84. The predicted octanol–water partition coefficient (Wildman–Crippen LogP) is 6.00.